The Kier molecular flexibility index (Phi) is 7.65. The number of nitrogens with one attached hydrogen (secondary N) is 1. The van der Waals surface area contributed by atoms with Crippen LogP contribution in [0.15, 0.2) is 6.07 Å². The summed E-state index contributed by atoms with van der Waals surface area (Å²) in [6.45, 7) is 11.3. The Hall–Kier alpha value is -0.910. The van der Waals surface area contributed by atoms with Crippen molar-refractivity contribution < 1.29 is 4.74 Å². The van der Waals surface area contributed by atoms with Gasteiger partial charge >= 0.3 is 0 Å². The highest BCUT2D eigenvalue weighted by Gasteiger charge is 2.29. The lowest BCUT2D eigenvalue weighted by molar-refractivity contribution is 0.0535. The minimum absolute atomic E-state index is 0.423. The predicted molar refractivity (Wildman–Crippen MR) is 118 cm³/mol. The highest BCUT2D eigenvalue weighted by atomic mass is 16.5. The molecule has 1 aromatic heterocycles. The van der Waals surface area contributed by atoms with Crippen LogP contribution >= 0.6 is 0 Å². The summed E-state index contributed by atoms with van der Waals surface area (Å²) < 4.78 is 5.98. The van der Waals surface area contributed by atoms with Crippen LogP contribution in [-0.2, 0) is 17.7 Å². The fourth-order valence-corrected chi connectivity index (χ4v) is 5.67. The second-order valence-electron chi connectivity index (χ2n) is 10.2. The Morgan fingerprint density at radius 3 is 2.59 bits per heavy atom. The van der Waals surface area contributed by atoms with E-state index in [0.29, 0.717) is 12.0 Å². The highest BCUT2D eigenvalue weighted by Crippen LogP contribution is 2.28. The van der Waals surface area contributed by atoms with Crippen molar-refractivity contribution in [2.75, 3.05) is 32.8 Å². The van der Waals surface area contributed by atoms with Gasteiger partial charge in [-0.25, -0.2) is 0 Å². The van der Waals surface area contributed by atoms with Crippen LogP contribution in [-0.4, -0.2) is 64.9 Å². The van der Waals surface area contributed by atoms with E-state index in [2.05, 4.69) is 39.9 Å². The molecule has 4 rings (SSSR count). The summed E-state index contributed by atoms with van der Waals surface area (Å²) in [5.41, 5.74) is 2.47. The Morgan fingerprint density at radius 1 is 1.10 bits per heavy atom. The minimum Gasteiger partial charge on any atom is -0.377 e. The van der Waals surface area contributed by atoms with Gasteiger partial charge in [0, 0.05) is 38.0 Å². The SMILES string of the molecule is CC(C)Cc1cc(CN(CC2CCN(C3CCCC3)CC2)CC2CCCO2)[nH]n1. The first-order chi connectivity index (χ1) is 14.2. The second kappa shape index (κ2) is 10.4. The van der Waals surface area contributed by atoms with Crippen LogP contribution in [0.3, 0.4) is 0 Å². The van der Waals surface area contributed by atoms with Crippen LogP contribution in [0.2, 0.25) is 0 Å². The molecule has 5 heteroatoms. The van der Waals surface area contributed by atoms with Crippen molar-refractivity contribution in [3.63, 3.8) is 0 Å². The van der Waals surface area contributed by atoms with Gasteiger partial charge in [0.15, 0.2) is 0 Å². The van der Waals surface area contributed by atoms with Crippen molar-refractivity contribution in [2.24, 2.45) is 11.8 Å². The Labute approximate surface area is 177 Å². The van der Waals surface area contributed by atoms with E-state index in [4.69, 9.17) is 4.74 Å². The highest BCUT2D eigenvalue weighted by molar-refractivity contribution is 5.09. The molecule has 1 unspecified atom stereocenters. The van der Waals surface area contributed by atoms with Crippen molar-refractivity contribution >= 4 is 0 Å². The summed E-state index contributed by atoms with van der Waals surface area (Å²) in [7, 11) is 0. The van der Waals surface area contributed by atoms with E-state index in [1.54, 1.807) is 0 Å². The molecular formula is C24H42N4O. The number of hydrogen-bond acceptors (Lipinski definition) is 4. The Balaban J connectivity index is 1.31. The molecule has 164 valence electrons. The number of aromatic nitrogens is 2. The topological polar surface area (TPSA) is 44.4 Å². The third-order valence-corrected chi connectivity index (χ3v) is 7.19. The Morgan fingerprint density at radius 2 is 1.90 bits per heavy atom. The van der Waals surface area contributed by atoms with Crippen molar-refractivity contribution in [3.8, 4) is 0 Å². The number of likely N-dealkylation sites (tertiary alicyclic amines) is 1. The van der Waals surface area contributed by atoms with E-state index in [1.165, 1.54) is 82.4 Å². The van der Waals surface area contributed by atoms with Crippen LogP contribution in [0.25, 0.3) is 0 Å². The van der Waals surface area contributed by atoms with Crippen molar-refractivity contribution in [1.82, 2.24) is 20.0 Å². The molecule has 0 spiro atoms. The molecule has 0 bridgehead atoms. The maximum absolute atomic E-state index is 5.98. The fourth-order valence-electron chi connectivity index (χ4n) is 5.67. The maximum atomic E-state index is 5.98. The van der Waals surface area contributed by atoms with E-state index in [1.807, 2.05) is 0 Å². The molecule has 3 aliphatic rings. The average Bonchev–Trinajstić information content (AvgIpc) is 3.45. The van der Waals surface area contributed by atoms with Crippen molar-refractivity contribution in [3.05, 3.63) is 17.5 Å². The van der Waals surface area contributed by atoms with Crippen molar-refractivity contribution in [2.45, 2.75) is 90.3 Å². The summed E-state index contributed by atoms with van der Waals surface area (Å²) in [5.74, 6) is 1.48. The molecule has 1 aromatic rings. The number of ether oxygens (including phenoxy) is 1. The first kappa shape index (κ1) is 21.3. The van der Waals surface area contributed by atoms with Gasteiger partial charge in [0.25, 0.3) is 0 Å². The third-order valence-electron chi connectivity index (χ3n) is 7.19. The zero-order chi connectivity index (χ0) is 20.1. The minimum atomic E-state index is 0.423. The van der Waals surface area contributed by atoms with Crippen LogP contribution in [0.5, 0.6) is 0 Å². The number of nitrogens with zero attached hydrogens (tertiary/aromatic N) is 3. The quantitative estimate of drug-likeness (QED) is 0.671. The molecule has 0 aromatic carbocycles. The van der Waals surface area contributed by atoms with Crippen LogP contribution < -0.4 is 0 Å². The van der Waals surface area contributed by atoms with E-state index < -0.39 is 0 Å². The van der Waals surface area contributed by atoms with Gasteiger partial charge in [0.2, 0.25) is 0 Å². The number of aromatic amines is 1. The number of H-pyrrole nitrogens is 1. The van der Waals surface area contributed by atoms with E-state index >= 15 is 0 Å². The number of rotatable bonds is 9. The molecule has 1 atom stereocenters. The standard InChI is InChI=1S/C24H42N4O/c1-19(2)14-21-15-22(26-25-21)17-27(18-24-8-5-13-29-24)16-20-9-11-28(12-10-20)23-6-3-4-7-23/h15,19-20,23-24H,3-14,16-18H2,1-2H3,(H,25,26). The monoisotopic (exact) mass is 402 g/mol. The molecule has 2 aliphatic heterocycles. The van der Waals surface area contributed by atoms with E-state index in [9.17, 15) is 0 Å². The summed E-state index contributed by atoms with van der Waals surface area (Å²) in [5, 5.41) is 7.86. The molecule has 2 saturated heterocycles. The second-order valence-corrected chi connectivity index (χ2v) is 10.2. The lowest BCUT2D eigenvalue weighted by Gasteiger charge is -2.38. The van der Waals surface area contributed by atoms with Crippen molar-refractivity contribution in [1.29, 1.82) is 0 Å². The average molecular weight is 403 g/mol. The zero-order valence-corrected chi connectivity index (χ0v) is 18.7. The van der Waals surface area contributed by atoms with Gasteiger partial charge in [-0.1, -0.05) is 26.7 Å². The lowest BCUT2D eigenvalue weighted by atomic mass is 9.94. The van der Waals surface area contributed by atoms with Gasteiger partial charge in [-0.15, -0.1) is 0 Å². The van der Waals surface area contributed by atoms with Gasteiger partial charge in [-0.2, -0.15) is 5.10 Å². The van der Waals surface area contributed by atoms with Gasteiger partial charge < -0.3 is 9.64 Å². The molecule has 1 aliphatic carbocycles. The number of hydrogen-bond donors (Lipinski definition) is 1. The van der Waals surface area contributed by atoms with Gasteiger partial charge in [-0.3, -0.25) is 10.00 Å². The summed E-state index contributed by atoms with van der Waals surface area (Å²) in [6, 6.07) is 3.17. The van der Waals surface area contributed by atoms with Crippen LogP contribution in [0.4, 0.5) is 0 Å². The molecule has 3 heterocycles. The molecule has 0 radical (unpaired) electrons. The van der Waals surface area contributed by atoms with Gasteiger partial charge in [0.1, 0.15) is 0 Å². The largest absolute Gasteiger partial charge is 0.377 e. The first-order valence-corrected chi connectivity index (χ1v) is 12.3. The fraction of sp³-hybridized carbons (Fsp3) is 0.875. The molecule has 3 fully saturated rings. The van der Waals surface area contributed by atoms with E-state index in [-0.39, 0.29) is 0 Å². The normalized spacial score (nSPS) is 25.0. The molecule has 29 heavy (non-hydrogen) atoms. The summed E-state index contributed by atoms with van der Waals surface area (Å²) in [6.07, 6.45) is 12.4. The smallest absolute Gasteiger partial charge is 0.0702 e. The van der Waals surface area contributed by atoms with Crippen LogP contribution in [0.1, 0.15) is 76.6 Å². The lowest BCUT2D eigenvalue weighted by Crippen LogP contribution is -2.43. The Bertz CT molecular complexity index is 596. The third kappa shape index (κ3) is 6.28. The summed E-state index contributed by atoms with van der Waals surface area (Å²) in [4.78, 5) is 5.44. The van der Waals surface area contributed by atoms with E-state index in [0.717, 1.165) is 38.1 Å². The molecule has 1 saturated carbocycles. The first-order valence-electron chi connectivity index (χ1n) is 12.3. The van der Waals surface area contributed by atoms with Crippen LogP contribution in [0, 0.1) is 11.8 Å². The molecule has 5 nitrogen and oxygen atoms in total. The number of piperidine rings is 1. The summed E-state index contributed by atoms with van der Waals surface area (Å²) >= 11 is 0. The zero-order valence-electron chi connectivity index (χ0n) is 18.7. The molecule has 0 amide bonds. The predicted octanol–water partition coefficient (Wildman–Crippen LogP) is 4.24. The maximum Gasteiger partial charge on any atom is 0.0702 e. The molecular weight excluding hydrogens is 360 g/mol. The molecule has 1 N–H and O–H groups in total. The van der Waals surface area contributed by atoms with Gasteiger partial charge in [-0.05, 0) is 75.9 Å². The van der Waals surface area contributed by atoms with Gasteiger partial charge in [0.05, 0.1) is 11.8 Å².